The maximum atomic E-state index is 11.2. The first kappa shape index (κ1) is 11.4. The zero-order chi connectivity index (χ0) is 11.5. The number of nitrogens with zero attached hydrogens (tertiary/aromatic N) is 1. The van der Waals surface area contributed by atoms with Crippen molar-refractivity contribution in [2.45, 2.75) is 11.8 Å². The Hall–Kier alpha value is -1.13. The minimum Gasteiger partial charge on any atom is -0.294 e. The molecule has 1 heterocycles. The zero-order valence-corrected chi connectivity index (χ0v) is 10.7. The number of aromatic nitrogens is 1. The summed E-state index contributed by atoms with van der Waals surface area (Å²) < 4.78 is 0. The van der Waals surface area contributed by atoms with Crippen molar-refractivity contribution < 1.29 is 4.79 Å². The van der Waals surface area contributed by atoms with Crippen molar-refractivity contribution in [1.82, 2.24) is 4.98 Å². The number of carbonyl (C=O) groups is 1. The third-order valence-electron chi connectivity index (χ3n) is 2.19. The molecule has 82 valence electrons. The molecule has 2 aromatic rings. The Morgan fingerprint density at radius 3 is 2.50 bits per heavy atom. The fraction of sp³-hybridized carbons (Fsp3) is 0.167. The lowest BCUT2D eigenvalue weighted by molar-refractivity contribution is 0.102. The largest absolute Gasteiger partial charge is 0.294 e. The second-order valence-electron chi connectivity index (χ2n) is 3.31. The van der Waals surface area contributed by atoms with Crippen molar-refractivity contribution in [3.63, 3.8) is 0 Å². The summed E-state index contributed by atoms with van der Waals surface area (Å²) in [7, 11) is 0. The number of ketones is 1. The van der Waals surface area contributed by atoms with Crippen LogP contribution in [0.1, 0.15) is 16.6 Å². The van der Waals surface area contributed by atoms with Gasteiger partial charge in [0.25, 0.3) is 0 Å². The van der Waals surface area contributed by atoms with Gasteiger partial charge in [0.1, 0.15) is 5.01 Å². The summed E-state index contributed by atoms with van der Waals surface area (Å²) in [4.78, 5) is 17.4. The Balaban J connectivity index is 2.31. The van der Waals surface area contributed by atoms with Gasteiger partial charge in [-0.25, -0.2) is 4.98 Å². The van der Waals surface area contributed by atoms with Crippen LogP contribution < -0.4 is 0 Å². The minimum atomic E-state index is 0.0736. The van der Waals surface area contributed by atoms with E-state index in [-0.39, 0.29) is 5.78 Å². The average Bonchev–Trinajstić information content (AvgIpc) is 2.78. The van der Waals surface area contributed by atoms with Gasteiger partial charge < -0.3 is 0 Å². The summed E-state index contributed by atoms with van der Waals surface area (Å²) in [5, 5.41) is 0.901. The van der Waals surface area contributed by atoms with Crippen molar-refractivity contribution >= 4 is 28.9 Å². The van der Waals surface area contributed by atoms with Crippen LogP contribution in [0, 0.1) is 0 Å². The van der Waals surface area contributed by atoms with Gasteiger partial charge in [0.15, 0.2) is 5.78 Å². The molecule has 2 rings (SSSR count). The fourth-order valence-electron chi connectivity index (χ4n) is 1.30. The van der Waals surface area contributed by atoms with E-state index in [9.17, 15) is 4.79 Å². The molecule has 0 saturated heterocycles. The molecule has 0 bridgehead atoms. The summed E-state index contributed by atoms with van der Waals surface area (Å²) in [6.07, 6.45) is 3.69. The van der Waals surface area contributed by atoms with Crippen molar-refractivity contribution in [3.05, 3.63) is 35.3 Å². The number of benzene rings is 1. The third-order valence-corrected chi connectivity index (χ3v) is 4.08. The first-order chi connectivity index (χ1) is 7.70. The molecule has 0 saturated carbocycles. The van der Waals surface area contributed by atoms with E-state index in [4.69, 9.17) is 0 Å². The molecular formula is C12H11NOS2. The summed E-state index contributed by atoms with van der Waals surface area (Å²) in [6, 6.07) is 8.20. The number of hydrogen-bond donors (Lipinski definition) is 0. The molecule has 0 spiro atoms. The molecule has 0 unspecified atom stereocenters. The number of thioether (sulfide) groups is 1. The van der Waals surface area contributed by atoms with Crippen LogP contribution in [0.2, 0.25) is 0 Å². The van der Waals surface area contributed by atoms with Crippen LogP contribution >= 0.6 is 23.1 Å². The summed E-state index contributed by atoms with van der Waals surface area (Å²) >= 11 is 3.15. The minimum absolute atomic E-state index is 0.0736. The predicted molar refractivity (Wildman–Crippen MR) is 69.3 cm³/mol. The molecule has 1 aromatic carbocycles. The van der Waals surface area contributed by atoms with Crippen molar-refractivity contribution in [1.29, 1.82) is 0 Å². The molecule has 0 fully saturated rings. The van der Waals surface area contributed by atoms with E-state index < -0.39 is 0 Å². The highest BCUT2D eigenvalue weighted by Crippen LogP contribution is 2.27. The molecule has 0 aliphatic rings. The van der Waals surface area contributed by atoms with E-state index >= 15 is 0 Å². The number of Topliss-reactive ketones (excluding diaryl/α,β-unsaturated/α-hetero) is 1. The maximum Gasteiger partial charge on any atom is 0.171 e. The zero-order valence-electron chi connectivity index (χ0n) is 9.06. The number of rotatable bonds is 3. The lowest BCUT2D eigenvalue weighted by atomic mass is 10.2. The Labute approximate surface area is 103 Å². The highest BCUT2D eigenvalue weighted by Gasteiger charge is 2.07. The molecule has 0 amide bonds. The molecule has 0 aliphatic heterocycles. The smallest absolute Gasteiger partial charge is 0.171 e. The van der Waals surface area contributed by atoms with Crippen molar-refractivity contribution in [2.75, 3.05) is 6.26 Å². The topological polar surface area (TPSA) is 30.0 Å². The van der Waals surface area contributed by atoms with Gasteiger partial charge in [0, 0.05) is 23.6 Å². The standard InChI is InChI=1S/C12H11NOS2/c1-8(14)11-7-13-12(16-11)9-3-5-10(15-2)6-4-9/h3-7H,1-2H3. The summed E-state index contributed by atoms with van der Waals surface area (Å²) in [5.74, 6) is 0.0736. The Morgan fingerprint density at radius 2 is 2.00 bits per heavy atom. The monoisotopic (exact) mass is 249 g/mol. The molecular weight excluding hydrogens is 238 g/mol. The van der Waals surface area contributed by atoms with Gasteiger partial charge in [-0.2, -0.15) is 0 Å². The lowest BCUT2D eigenvalue weighted by Crippen LogP contribution is -1.83. The number of carbonyl (C=O) groups excluding carboxylic acids is 1. The maximum absolute atomic E-state index is 11.2. The van der Waals surface area contributed by atoms with Crippen LogP contribution in [0.25, 0.3) is 10.6 Å². The molecule has 16 heavy (non-hydrogen) atoms. The highest BCUT2D eigenvalue weighted by molar-refractivity contribution is 7.98. The van der Waals surface area contributed by atoms with E-state index in [1.165, 1.54) is 16.2 Å². The Kier molecular flexibility index (Phi) is 3.41. The van der Waals surface area contributed by atoms with Gasteiger partial charge in [0.05, 0.1) is 4.88 Å². The van der Waals surface area contributed by atoms with E-state index in [0.29, 0.717) is 4.88 Å². The Morgan fingerprint density at radius 1 is 1.31 bits per heavy atom. The van der Waals surface area contributed by atoms with E-state index in [1.807, 2.05) is 18.4 Å². The predicted octanol–water partition coefficient (Wildman–Crippen LogP) is 3.73. The molecule has 0 aliphatic carbocycles. The van der Waals surface area contributed by atoms with Crippen LogP contribution in [-0.4, -0.2) is 17.0 Å². The van der Waals surface area contributed by atoms with Crippen molar-refractivity contribution in [3.8, 4) is 10.6 Å². The molecule has 0 atom stereocenters. The van der Waals surface area contributed by atoms with E-state index in [0.717, 1.165) is 10.6 Å². The van der Waals surface area contributed by atoms with Gasteiger partial charge in [-0.3, -0.25) is 4.79 Å². The van der Waals surface area contributed by atoms with Crippen LogP contribution in [0.4, 0.5) is 0 Å². The number of hydrogen-bond acceptors (Lipinski definition) is 4. The van der Waals surface area contributed by atoms with Gasteiger partial charge in [0.2, 0.25) is 0 Å². The first-order valence-corrected chi connectivity index (χ1v) is 6.86. The average molecular weight is 249 g/mol. The summed E-state index contributed by atoms with van der Waals surface area (Å²) in [5.41, 5.74) is 1.07. The van der Waals surface area contributed by atoms with Crippen LogP contribution in [0.3, 0.4) is 0 Å². The summed E-state index contributed by atoms with van der Waals surface area (Å²) in [6.45, 7) is 1.56. The van der Waals surface area contributed by atoms with Gasteiger partial charge >= 0.3 is 0 Å². The lowest BCUT2D eigenvalue weighted by Gasteiger charge is -1.98. The van der Waals surface area contributed by atoms with Crippen LogP contribution in [-0.2, 0) is 0 Å². The quantitative estimate of drug-likeness (QED) is 0.613. The van der Waals surface area contributed by atoms with E-state index in [2.05, 4.69) is 17.1 Å². The SMILES string of the molecule is CSc1ccc(-c2ncc(C(C)=O)s2)cc1. The number of thiazole rings is 1. The molecule has 4 heteroatoms. The van der Waals surface area contributed by atoms with Gasteiger partial charge in [-0.15, -0.1) is 23.1 Å². The molecule has 2 nitrogen and oxygen atoms in total. The van der Waals surface area contributed by atoms with Crippen molar-refractivity contribution in [2.24, 2.45) is 0 Å². The van der Waals surface area contributed by atoms with Gasteiger partial charge in [-0.05, 0) is 18.4 Å². The molecule has 0 radical (unpaired) electrons. The van der Waals surface area contributed by atoms with Gasteiger partial charge in [-0.1, -0.05) is 12.1 Å². The Bertz CT molecular complexity index is 502. The molecule has 0 N–H and O–H groups in total. The highest BCUT2D eigenvalue weighted by atomic mass is 32.2. The van der Waals surface area contributed by atoms with E-state index in [1.54, 1.807) is 24.9 Å². The molecule has 1 aromatic heterocycles. The second kappa shape index (κ2) is 4.80. The fourth-order valence-corrected chi connectivity index (χ4v) is 2.53. The van der Waals surface area contributed by atoms with Crippen LogP contribution in [0.5, 0.6) is 0 Å². The first-order valence-electron chi connectivity index (χ1n) is 4.82. The van der Waals surface area contributed by atoms with Crippen LogP contribution in [0.15, 0.2) is 35.4 Å². The second-order valence-corrected chi connectivity index (χ2v) is 5.22. The normalized spacial score (nSPS) is 10.4. The third kappa shape index (κ3) is 2.33.